The van der Waals surface area contributed by atoms with Gasteiger partial charge in [-0.3, -0.25) is 4.79 Å². The smallest absolute Gasteiger partial charge is 0.339 e. The van der Waals surface area contributed by atoms with Crippen LogP contribution in [0.3, 0.4) is 0 Å². The van der Waals surface area contributed by atoms with Crippen molar-refractivity contribution >= 4 is 56.3 Å². The van der Waals surface area contributed by atoms with E-state index in [1.807, 2.05) is 6.92 Å². The largest absolute Gasteiger partial charge is 0.490 e. The van der Waals surface area contributed by atoms with E-state index in [1.165, 1.54) is 30.0 Å². The summed E-state index contributed by atoms with van der Waals surface area (Å²) in [6, 6.07) is 18.1. The molecular weight excluding hydrogens is 508 g/mol. The maximum atomic E-state index is 12.7. The van der Waals surface area contributed by atoms with Crippen molar-refractivity contribution in [3.05, 3.63) is 87.8 Å². The quantitative estimate of drug-likeness (QED) is 0.312. The molecule has 10 heteroatoms. The third-order valence-corrected chi connectivity index (χ3v) is 7.16. The second-order valence-electron chi connectivity index (χ2n) is 7.45. The van der Waals surface area contributed by atoms with Crippen molar-refractivity contribution < 1.29 is 22.1 Å². The van der Waals surface area contributed by atoms with Gasteiger partial charge in [0.1, 0.15) is 4.90 Å². The SMILES string of the molecule is CCOc1cc(/C=C2/SC(=Nc3cccc(Cl)c3)NC2=O)ccc1OS(=O)(=O)c1ccc(C)cc1. The Morgan fingerprint density at radius 2 is 1.83 bits per heavy atom. The van der Waals surface area contributed by atoms with Crippen LogP contribution in [-0.4, -0.2) is 26.1 Å². The molecule has 0 aliphatic carbocycles. The van der Waals surface area contributed by atoms with E-state index in [1.54, 1.807) is 61.5 Å². The van der Waals surface area contributed by atoms with Gasteiger partial charge in [-0.1, -0.05) is 41.4 Å². The van der Waals surface area contributed by atoms with E-state index in [-0.39, 0.29) is 22.3 Å². The predicted molar refractivity (Wildman–Crippen MR) is 139 cm³/mol. The highest BCUT2D eigenvalue weighted by Gasteiger charge is 2.24. The molecule has 0 atom stereocenters. The number of aliphatic imine (C=N–C) groups is 1. The van der Waals surface area contributed by atoms with Gasteiger partial charge in [-0.2, -0.15) is 8.42 Å². The average Bonchev–Trinajstić information content (AvgIpc) is 3.14. The van der Waals surface area contributed by atoms with Crippen molar-refractivity contribution in [3.8, 4) is 11.5 Å². The predicted octanol–water partition coefficient (Wildman–Crippen LogP) is 5.71. The van der Waals surface area contributed by atoms with Gasteiger partial charge >= 0.3 is 10.1 Å². The molecule has 3 aromatic rings. The van der Waals surface area contributed by atoms with Gasteiger partial charge < -0.3 is 14.2 Å². The molecule has 1 N–H and O–H groups in total. The molecule has 4 rings (SSSR count). The van der Waals surface area contributed by atoms with Gasteiger partial charge in [0.2, 0.25) is 0 Å². The zero-order valence-electron chi connectivity index (χ0n) is 18.8. The molecule has 180 valence electrons. The topological polar surface area (TPSA) is 94.1 Å². The van der Waals surface area contributed by atoms with Gasteiger partial charge in [-0.15, -0.1) is 0 Å². The summed E-state index contributed by atoms with van der Waals surface area (Å²) >= 11 is 7.18. The van der Waals surface area contributed by atoms with Gasteiger partial charge in [0.05, 0.1) is 17.2 Å². The zero-order valence-corrected chi connectivity index (χ0v) is 21.2. The number of hydrogen-bond acceptors (Lipinski definition) is 7. The molecule has 7 nitrogen and oxygen atoms in total. The monoisotopic (exact) mass is 528 g/mol. The maximum Gasteiger partial charge on any atom is 0.339 e. The number of carbonyl (C=O) groups is 1. The van der Waals surface area contributed by atoms with Crippen molar-refractivity contribution in [2.45, 2.75) is 18.7 Å². The van der Waals surface area contributed by atoms with Crippen LogP contribution in [0.4, 0.5) is 5.69 Å². The van der Waals surface area contributed by atoms with Crippen molar-refractivity contribution in [1.82, 2.24) is 5.32 Å². The Hall–Kier alpha value is -3.27. The minimum Gasteiger partial charge on any atom is -0.490 e. The fourth-order valence-electron chi connectivity index (χ4n) is 3.12. The number of thioether (sulfide) groups is 1. The van der Waals surface area contributed by atoms with E-state index < -0.39 is 10.1 Å². The van der Waals surface area contributed by atoms with Crippen LogP contribution in [0, 0.1) is 6.92 Å². The third-order valence-electron chi connectivity index (χ3n) is 4.76. The lowest BCUT2D eigenvalue weighted by atomic mass is 10.2. The van der Waals surface area contributed by atoms with Crippen molar-refractivity contribution in [2.24, 2.45) is 4.99 Å². The minimum absolute atomic E-state index is 0.0438. The first-order valence-electron chi connectivity index (χ1n) is 10.6. The van der Waals surface area contributed by atoms with Crippen molar-refractivity contribution in [3.63, 3.8) is 0 Å². The highest BCUT2D eigenvalue weighted by Crippen LogP contribution is 2.34. The summed E-state index contributed by atoms with van der Waals surface area (Å²) in [5.41, 5.74) is 2.19. The van der Waals surface area contributed by atoms with Gasteiger partial charge in [0.25, 0.3) is 5.91 Å². The Balaban J connectivity index is 1.57. The third kappa shape index (κ3) is 6.25. The number of rotatable bonds is 7. The summed E-state index contributed by atoms with van der Waals surface area (Å²) in [5.74, 6) is 0.00563. The van der Waals surface area contributed by atoms with Crippen LogP contribution in [0.15, 0.2) is 81.5 Å². The molecule has 1 amide bonds. The summed E-state index contributed by atoms with van der Waals surface area (Å²) < 4.78 is 36.4. The maximum absolute atomic E-state index is 12.7. The normalized spacial score (nSPS) is 15.9. The number of hydrogen-bond donors (Lipinski definition) is 1. The van der Waals surface area contributed by atoms with E-state index in [0.717, 1.165) is 5.56 Å². The van der Waals surface area contributed by atoms with E-state index in [9.17, 15) is 13.2 Å². The first kappa shape index (κ1) is 24.8. The molecule has 1 heterocycles. The van der Waals surface area contributed by atoms with E-state index in [0.29, 0.717) is 33.0 Å². The Kier molecular flexibility index (Phi) is 7.49. The number of amides is 1. The molecule has 0 unspecified atom stereocenters. The Morgan fingerprint density at radius 1 is 1.06 bits per heavy atom. The molecule has 0 bridgehead atoms. The molecule has 0 spiro atoms. The Bertz CT molecular complexity index is 1430. The van der Waals surface area contributed by atoms with E-state index in [4.69, 9.17) is 20.5 Å². The molecule has 0 radical (unpaired) electrons. The molecular formula is C25H21ClN2O5S2. The molecule has 35 heavy (non-hydrogen) atoms. The Labute approximate surface area is 212 Å². The summed E-state index contributed by atoms with van der Waals surface area (Å²) in [6.45, 7) is 3.95. The van der Waals surface area contributed by atoms with Crippen LogP contribution in [-0.2, 0) is 14.9 Å². The highest BCUT2D eigenvalue weighted by atomic mass is 35.5. The lowest BCUT2D eigenvalue weighted by Gasteiger charge is -2.13. The van der Waals surface area contributed by atoms with Crippen LogP contribution in [0.25, 0.3) is 6.08 Å². The van der Waals surface area contributed by atoms with Crippen LogP contribution >= 0.6 is 23.4 Å². The van der Waals surface area contributed by atoms with Crippen LogP contribution < -0.4 is 14.2 Å². The second-order valence-corrected chi connectivity index (χ2v) is 10.5. The van der Waals surface area contributed by atoms with Gasteiger partial charge in [0, 0.05) is 5.02 Å². The van der Waals surface area contributed by atoms with Gasteiger partial charge in [-0.05, 0) is 79.7 Å². The number of ether oxygens (including phenoxy) is 1. The van der Waals surface area contributed by atoms with Gasteiger partial charge in [-0.25, -0.2) is 4.99 Å². The Morgan fingerprint density at radius 3 is 2.54 bits per heavy atom. The van der Waals surface area contributed by atoms with Crippen LogP contribution in [0.5, 0.6) is 11.5 Å². The number of carbonyl (C=O) groups excluding carboxylic acids is 1. The fraction of sp³-hybridized carbons (Fsp3) is 0.120. The van der Waals surface area contributed by atoms with Crippen LogP contribution in [0.1, 0.15) is 18.1 Å². The zero-order chi connectivity index (χ0) is 25.0. The second kappa shape index (κ2) is 10.6. The number of amidine groups is 1. The molecule has 1 aliphatic heterocycles. The molecule has 1 saturated heterocycles. The first-order valence-corrected chi connectivity index (χ1v) is 13.2. The summed E-state index contributed by atoms with van der Waals surface area (Å²) in [5, 5.41) is 3.70. The molecule has 1 fully saturated rings. The lowest BCUT2D eigenvalue weighted by Crippen LogP contribution is -2.19. The van der Waals surface area contributed by atoms with Crippen molar-refractivity contribution in [2.75, 3.05) is 6.61 Å². The van der Waals surface area contributed by atoms with E-state index in [2.05, 4.69) is 10.3 Å². The number of halogens is 1. The average molecular weight is 529 g/mol. The number of aryl methyl sites for hydroxylation is 1. The number of nitrogens with one attached hydrogen (secondary N) is 1. The standard InChI is InChI=1S/C25H21ClN2O5S2/c1-3-32-22-13-17(9-12-21(22)33-35(30,31)20-10-7-16(2)8-11-20)14-23-24(29)28-25(34-23)27-19-6-4-5-18(26)15-19/h4-15H,3H2,1-2H3,(H,27,28,29)/b23-14+. The molecule has 0 saturated carbocycles. The summed E-state index contributed by atoms with van der Waals surface area (Å²) in [4.78, 5) is 17.3. The van der Waals surface area contributed by atoms with Crippen molar-refractivity contribution in [1.29, 1.82) is 0 Å². The van der Waals surface area contributed by atoms with Gasteiger partial charge in [0.15, 0.2) is 16.7 Å². The van der Waals surface area contributed by atoms with Crippen LogP contribution in [0.2, 0.25) is 5.02 Å². The summed E-state index contributed by atoms with van der Waals surface area (Å²) in [7, 11) is -4.04. The fourth-order valence-corrected chi connectivity index (χ4v) is 5.08. The van der Waals surface area contributed by atoms with E-state index >= 15 is 0 Å². The molecule has 1 aliphatic rings. The molecule has 3 aromatic carbocycles. The lowest BCUT2D eigenvalue weighted by molar-refractivity contribution is -0.115. The molecule has 0 aromatic heterocycles. The summed E-state index contributed by atoms with van der Waals surface area (Å²) in [6.07, 6.45) is 1.67. The highest BCUT2D eigenvalue weighted by molar-refractivity contribution is 8.18. The minimum atomic E-state index is -4.04. The number of nitrogens with zero attached hydrogens (tertiary/aromatic N) is 1. The first-order chi connectivity index (χ1) is 16.7. The number of benzene rings is 3.